The lowest BCUT2D eigenvalue weighted by Gasteiger charge is -2.13. The monoisotopic (exact) mass is 1090 g/mol. The van der Waals surface area contributed by atoms with Crippen LogP contribution in [0.3, 0.4) is 0 Å². The number of benzene rings is 6. The van der Waals surface area contributed by atoms with Crippen LogP contribution in [-0.4, -0.2) is 127 Å². The van der Waals surface area contributed by atoms with Crippen LogP contribution in [0.25, 0.3) is 21.5 Å². The van der Waals surface area contributed by atoms with Crippen molar-refractivity contribution < 1.29 is 96.5 Å². The van der Waals surface area contributed by atoms with Gasteiger partial charge in [-0.25, -0.2) is 4.79 Å². The number of hydrazone groups is 1. The third kappa shape index (κ3) is 11.4. The van der Waals surface area contributed by atoms with Crippen molar-refractivity contribution in [2.45, 2.75) is 25.6 Å². The highest BCUT2D eigenvalue weighted by atomic mass is 32.2. The van der Waals surface area contributed by atoms with E-state index in [0.29, 0.717) is 17.1 Å². The predicted octanol–water partition coefficient (Wildman–Crippen LogP) is 4.90. The van der Waals surface area contributed by atoms with Crippen LogP contribution in [0.1, 0.15) is 0 Å². The van der Waals surface area contributed by atoms with E-state index in [9.17, 15) is 87.0 Å². The molecule has 1 unspecified atom stereocenters. The molecule has 382 valence electrons. The minimum absolute atomic E-state index is 0.101. The van der Waals surface area contributed by atoms with Gasteiger partial charge in [-0.3, -0.25) is 23.0 Å². The molecule has 29 nitrogen and oxygen atoms in total. The van der Waals surface area contributed by atoms with Crippen LogP contribution in [0.4, 0.5) is 34.1 Å². The molecular weight excluding hydrogens is 1060 g/mol. The molecule has 0 bridgehead atoms. The highest BCUT2D eigenvalue weighted by Gasteiger charge is 2.41. The number of aliphatic carboxylic acids is 1. The fourth-order valence-electron chi connectivity index (χ4n) is 6.77. The molecule has 0 aliphatic carbocycles. The van der Waals surface area contributed by atoms with Gasteiger partial charge < -0.3 is 35.0 Å². The maximum Gasteiger partial charge on any atom is 0.355 e. The van der Waals surface area contributed by atoms with Gasteiger partial charge in [0.1, 0.15) is 57.3 Å². The Labute approximate surface area is 409 Å². The molecule has 0 spiro atoms. The quantitative estimate of drug-likeness (QED) is 0.0408. The summed E-state index contributed by atoms with van der Waals surface area (Å²) in [6.45, 7) is -2.01. The van der Waals surface area contributed by atoms with E-state index in [0.717, 1.165) is 60.7 Å². The fraction of sp³-hybridized carbons (Fsp3) is 0.125. The molecule has 6 aromatic rings. The number of aliphatic hydroxyl groups excluding tert-OH is 2. The number of carbonyl (C=O) groups excluding carboxylic acids is 1. The minimum Gasteiger partial charge on any atom is -0.507 e. The van der Waals surface area contributed by atoms with Crippen molar-refractivity contribution in [3.63, 3.8) is 0 Å². The maximum atomic E-state index is 13.3. The Kier molecular flexibility index (Phi) is 14.7. The van der Waals surface area contributed by atoms with E-state index in [1.165, 1.54) is 12.1 Å². The number of carbonyl (C=O) groups is 2. The van der Waals surface area contributed by atoms with Crippen LogP contribution in [-0.2, 0) is 50.1 Å². The molecule has 0 saturated carbocycles. The summed E-state index contributed by atoms with van der Waals surface area (Å²) in [5.41, 5.74) is -2.85. The Morgan fingerprint density at radius 3 is 1.74 bits per heavy atom. The molecule has 0 aromatic heterocycles. The second-order valence-electron chi connectivity index (χ2n) is 14.7. The first-order valence-corrected chi connectivity index (χ1v) is 25.6. The van der Waals surface area contributed by atoms with Gasteiger partial charge in [-0.1, -0.05) is 0 Å². The summed E-state index contributed by atoms with van der Waals surface area (Å²) < 4.78 is 147. The average molecular weight is 1090 g/mol. The largest absolute Gasteiger partial charge is 0.507 e. The van der Waals surface area contributed by atoms with Gasteiger partial charge in [-0.05, 0) is 72.1 Å². The number of carboxylic acids is 1. The van der Waals surface area contributed by atoms with Crippen molar-refractivity contribution in [1.29, 1.82) is 0 Å². The number of hydrogen-bond donors (Lipinski definition) is 9. The van der Waals surface area contributed by atoms with E-state index in [-0.39, 0.29) is 50.7 Å². The summed E-state index contributed by atoms with van der Waals surface area (Å²) >= 11 is 0. The highest BCUT2D eigenvalue weighted by molar-refractivity contribution is 7.86. The van der Waals surface area contributed by atoms with Crippen LogP contribution in [0, 0.1) is 0 Å². The van der Waals surface area contributed by atoms with Gasteiger partial charge in [0.15, 0.2) is 11.5 Å². The minimum atomic E-state index is -5.28. The Hall–Kier alpha value is -7.99. The van der Waals surface area contributed by atoms with Crippen molar-refractivity contribution in [1.82, 2.24) is 0 Å². The second kappa shape index (κ2) is 20.3. The molecule has 1 amide bonds. The van der Waals surface area contributed by atoms with Crippen LogP contribution >= 0.6 is 0 Å². The van der Waals surface area contributed by atoms with Gasteiger partial charge in [0.2, 0.25) is 6.04 Å². The van der Waals surface area contributed by atoms with Crippen LogP contribution in [0.5, 0.6) is 23.0 Å². The zero-order valence-corrected chi connectivity index (χ0v) is 39.4. The number of carboxylic acid groups (broad SMARTS) is 1. The van der Waals surface area contributed by atoms with Gasteiger partial charge in [0, 0.05) is 29.0 Å². The number of aromatic hydroxyl groups is 2. The lowest BCUT2D eigenvalue weighted by Crippen LogP contribution is -2.33. The summed E-state index contributed by atoms with van der Waals surface area (Å²) in [5.74, 6) is -5.11. The Morgan fingerprint density at radius 1 is 0.616 bits per heavy atom. The van der Waals surface area contributed by atoms with E-state index >= 15 is 0 Å². The molecule has 9 N–H and O–H groups in total. The van der Waals surface area contributed by atoms with E-state index < -0.39 is 138 Å². The molecule has 1 atom stereocenters. The number of azo groups is 3. The number of phenols is 2. The summed E-state index contributed by atoms with van der Waals surface area (Å²) in [6.07, 6.45) is 0. The summed E-state index contributed by atoms with van der Waals surface area (Å²) in [5, 5.41) is 77.8. The Bertz CT molecular complexity index is 3870. The van der Waals surface area contributed by atoms with Crippen LogP contribution in [0.15, 0.2) is 140 Å². The van der Waals surface area contributed by atoms with Crippen molar-refractivity contribution in [2.24, 2.45) is 35.8 Å². The first kappa shape index (κ1) is 52.8. The molecule has 7 rings (SSSR count). The smallest absolute Gasteiger partial charge is 0.355 e. The number of fused-ring (bicyclic) bond motifs is 2. The molecule has 1 aliphatic rings. The first-order valence-electron chi connectivity index (χ1n) is 19.9. The van der Waals surface area contributed by atoms with Crippen LogP contribution in [0.2, 0.25) is 0 Å². The fourth-order valence-corrected chi connectivity index (χ4v) is 9.11. The topological polar surface area (TPSA) is 461 Å². The standard InChI is InChI=1S/C40H32N8O21S4/c49-9-11-68-30-18-28(31(69-12-10-50)17-27(30)43-42-26-7-8-32(72(62,63)64)25-15-23(71(59,60)61)16-29(51)34(25)26)44-45-35-33(73(65,66)67)14-19-13-20(1-6-24(19)38(35)52)41-46-36-37(40(54)55)47-48(39(36)53)21-2-4-22(5-3-21)70(56,57)58/h1-8,13-18,36,49-52H,9-12H2,(H,54,55)(H,56,57,58)(H,59,60,61)(H,62,63,64)(H,65,66,67). The van der Waals surface area contributed by atoms with Gasteiger partial charge in [0.25, 0.3) is 46.4 Å². The molecule has 1 heterocycles. The summed E-state index contributed by atoms with van der Waals surface area (Å²) in [6, 6.07) is 11.6. The van der Waals surface area contributed by atoms with E-state index in [4.69, 9.17) is 9.47 Å². The number of rotatable bonds is 18. The lowest BCUT2D eigenvalue weighted by molar-refractivity contribution is -0.130. The lowest BCUT2D eigenvalue weighted by atomic mass is 10.1. The third-order valence-electron chi connectivity index (χ3n) is 9.95. The van der Waals surface area contributed by atoms with Gasteiger partial charge in [-0.2, -0.15) is 54.0 Å². The van der Waals surface area contributed by atoms with E-state index in [1.807, 2.05) is 0 Å². The second-order valence-corrected chi connectivity index (χ2v) is 20.3. The number of anilines is 1. The van der Waals surface area contributed by atoms with E-state index in [2.05, 4.69) is 35.8 Å². The molecule has 6 aromatic carbocycles. The molecule has 0 saturated heterocycles. The number of phenolic OH excluding ortho intramolecular Hbond substituents is 2. The van der Waals surface area contributed by atoms with Gasteiger partial charge in [0.05, 0.1) is 45.5 Å². The highest BCUT2D eigenvalue weighted by Crippen LogP contribution is 2.46. The molecule has 73 heavy (non-hydrogen) atoms. The molecular formula is C40H32N8O21S4. The molecule has 0 fully saturated rings. The number of ether oxygens (including phenoxy) is 2. The van der Waals surface area contributed by atoms with Gasteiger partial charge >= 0.3 is 5.97 Å². The average Bonchev–Trinajstić information content (AvgIpc) is 3.65. The van der Waals surface area contributed by atoms with Crippen molar-refractivity contribution >= 4 is 114 Å². The predicted molar refractivity (Wildman–Crippen MR) is 248 cm³/mol. The SMILES string of the molecule is O=C(O)C1=NN(c2ccc(S(=O)(=O)O)cc2)C(=O)C1N=Nc1ccc2c(O)c(N=Nc3cc(OCCO)c(N=Nc4ccc(S(=O)(=O)O)c5cc(S(=O)(=O)O)cc(O)c45)cc3OCCO)c(S(=O)(=O)O)cc2c1. The summed E-state index contributed by atoms with van der Waals surface area (Å²) in [4.78, 5) is 21.9. The number of aliphatic hydroxyl groups is 2. The maximum absolute atomic E-state index is 13.3. The van der Waals surface area contributed by atoms with Crippen LogP contribution < -0.4 is 14.5 Å². The number of hydrogen-bond acceptors (Lipinski definition) is 23. The molecule has 1 aliphatic heterocycles. The van der Waals surface area contributed by atoms with E-state index in [1.54, 1.807) is 0 Å². The first-order chi connectivity index (χ1) is 34.2. The van der Waals surface area contributed by atoms with Crippen molar-refractivity contribution in [3.05, 3.63) is 84.9 Å². The third-order valence-corrected chi connectivity index (χ3v) is 13.4. The zero-order valence-electron chi connectivity index (χ0n) is 36.1. The molecule has 33 heteroatoms. The summed E-state index contributed by atoms with van der Waals surface area (Å²) in [7, 11) is -20.0. The Balaban J connectivity index is 1.26. The zero-order chi connectivity index (χ0) is 53.4. The molecule has 0 radical (unpaired) electrons. The van der Waals surface area contributed by atoms with Crippen molar-refractivity contribution in [3.8, 4) is 23.0 Å². The normalized spacial score (nSPS) is 14.8. The number of nitrogens with zero attached hydrogens (tertiary/aromatic N) is 8. The van der Waals surface area contributed by atoms with Crippen molar-refractivity contribution in [2.75, 3.05) is 31.4 Å². The van der Waals surface area contributed by atoms with Gasteiger partial charge in [-0.15, -0.1) is 20.5 Å². The number of amides is 1. The Morgan fingerprint density at radius 2 is 1.19 bits per heavy atom.